The third-order valence-corrected chi connectivity index (χ3v) is 2.62. The molecule has 2 rings (SSSR count). The Morgan fingerprint density at radius 3 is 3.00 bits per heavy atom. The summed E-state index contributed by atoms with van der Waals surface area (Å²) >= 11 is 0. The summed E-state index contributed by atoms with van der Waals surface area (Å²) < 4.78 is 4.73. The van der Waals surface area contributed by atoms with Gasteiger partial charge in [-0.05, 0) is 24.6 Å². The van der Waals surface area contributed by atoms with E-state index < -0.39 is 0 Å². The second-order valence-corrected chi connectivity index (χ2v) is 3.57. The Balaban J connectivity index is 2.57. The number of carbonyl (C=O) groups excluding carboxylic acids is 1. The van der Waals surface area contributed by atoms with Crippen molar-refractivity contribution in [2.24, 2.45) is 5.73 Å². The van der Waals surface area contributed by atoms with Crippen LogP contribution in [0.5, 0.6) is 0 Å². The number of nitrogens with two attached hydrogens (primary N) is 1. The molecule has 0 bridgehead atoms. The molecule has 0 fully saturated rings. The Morgan fingerprint density at radius 2 is 2.31 bits per heavy atom. The number of carbonyl (C=O) groups is 1. The Morgan fingerprint density at radius 1 is 1.50 bits per heavy atom. The van der Waals surface area contributed by atoms with Crippen molar-refractivity contribution in [3.05, 3.63) is 35.5 Å². The van der Waals surface area contributed by atoms with E-state index in [1.165, 1.54) is 7.11 Å². The van der Waals surface area contributed by atoms with Gasteiger partial charge in [-0.1, -0.05) is 12.1 Å². The summed E-state index contributed by atoms with van der Waals surface area (Å²) in [5, 5.41) is 1.04. The zero-order chi connectivity index (χ0) is 11.5. The molecule has 0 saturated heterocycles. The fourth-order valence-electron chi connectivity index (χ4n) is 1.85. The molecule has 1 aromatic carbocycles. The first-order chi connectivity index (χ1) is 7.77. The van der Waals surface area contributed by atoms with Gasteiger partial charge in [0.1, 0.15) is 0 Å². The Bertz CT molecular complexity index is 517. The molecule has 1 aromatic heterocycles. The lowest BCUT2D eigenvalue weighted by Crippen LogP contribution is -2.03. The van der Waals surface area contributed by atoms with E-state index in [4.69, 9.17) is 10.5 Å². The first kappa shape index (κ1) is 10.7. The molecule has 0 unspecified atom stereocenters. The fourth-order valence-corrected chi connectivity index (χ4v) is 1.85. The number of esters is 1. The van der Waals surface area contributed by atoms with Crippen LogP contribution in [-0.4, -0.2) is 24.6 Å². The summed E-state index contributed by atoms with van der Waals surface area (Å²) in [6.45, 7) is 0.593. The van der Waals surface area contributed by atoms with E-state index in [2.05, 4.69) is 4.98 Å². The summed E-state index contributed by atoms with van der Waals surface area (Å²) in [6, 6.07) is 5.57. The van der Waals surface area contributed by atoms with Gasteiger partial charge in [-0.25, -0.2) is 4.79 Å². The van der Waals surface area contributed by atoms with Crippen LogP contribution in [0, 0.1) is 0 Å². The van der Waals surface area contributed by atoms with Crippen molar-refractivity contribution < 1.29 is 9.53 Å². The average molecular weight is 218 g/mol. The Labute approximate surface area is 93.4 Å². The molecule has 4 nitrogen and oxygen atoms in total. The number of H-pyrrole nitrogens is 1. The first-order valence-electron chi connectivity index (χ1n) is 5.15. The molecule has 0 radical (unpaired) electrons. The van der Waals surface area contributed by atoms with Crippen LogP contribution in [0.25, 0.3) is 10.9 Å². The van der Waals surface area contributed by atoms with Crippen LogP contribution in [0.4, 0.5) is 0 Å². The second-order valence-electron chi connectivity index (χ2n) is 3.57. The van der Waals surface area contributed by atoms with Crippen molar-refractivity contribution in [1.82, 2.24) is 4.98 Å². The maximum atomic E-state index is 11.5. The van der Waals surface area contributed by atoms with Crippen LogP contribution >= 0.6 is 0 Å². The zero-order valence-electron chi connectivity index (χ0n) is 9.12. The number of aromatic amines is 1. The SMILES string of the molecule is COC(=O)c1cccc2c(CCN)c[nH]c12. The minimum atomic E-state index is -0.327. The third-order valence-electron chi connectivity index (χ3n) is 2.62. The number of nitrogens with one attached hydrogen (secondary N) is 1. The molecule has 0 saturated carbocycles. The predicted molar refractivity (Wildman–Crippen MR) is 62.4 cm³/mol. The van der Waals surface area contributed by atoms with Gasteiger partial charge < -0.3 is 15.5 Å². The Hall–Kier alpha value is -1.81. The van der Waals surface area contributed by atoms with Crippen molar-refractivity contribution in [2.45, 2.75) is 6.42 Å². The van der Waals surface area contributed by atoms with Gasteiger partial charge in [0.2, 0.25) is 0 Å². The smallest absolute Gasteiger partial charge is 0.339 e. The van der Waals surface area contributed by atoms with Gasteiger partial charge in [-0.15, -0.1) is 0 Å². The van der Waals surface area contributed by atoms with Crippen LogP contribution in [0.15, 0.2) is 24.4 Å². The molecule has 0 aliphatic carbocycles. The van der Waals surface area contributed by atoms with E-state index in [1.807, 2.05) is 18.3 Å². The summed E-state index contributed by atoms with van der Waals surface area (Å²) in [5.41, 5.74) is 8.03. The minimum Gasteiger partial charge on any atom is -0.465 e. The highest BCUT2D eigenvalue weighted by atomic mass is 16.5. The van der Waals surface area contributed by atoms with Crippen LogP contribution in [0.3, 0.4) is 0 Å². The van der Waals surface area contributed by atoms with Gasteiger partial charge in [0, 0.05) is 11.6 Å². The third kappa shape index (κ3) is 1.67. The maximum absolute atomic E-state index is 11.5. The van der Waals surface area contributed by atoms with E-state index in [0.29, 0.717) is 12.1 Å². The van der Waals surface area contributed by atoms with Crippen LogP contribution in [0.2, 0.25) is 0 Å². The van der Waals surface area contributed by atoms with E-state index in [9.17, 15) is 4.79 Å². The number of hydrogen-bond acceptors (Lipinski definition) is 3. The number of aromatic nitrogens is 1. The van der Waals surface area contributed by atoms with Crippen molar-refractivity contribution >= 4 is 16.9 Å². The lowest BCUT2D eigenvalue weighted by atomic mass is 10.1. The van der Waals surface area contributed by atoms with Crippen LogP contribution in [-0.2, 0) is 11.2 Å². The van der Waals surface area contributed by atoms with Gasteiger partial charge in [-0.2, -0.15) is 0 Å². The number of hydrogen-bond donors (Lipinski definition) is 2. The monoisotopic (exact) mass is 218 g/mol. The van der Waals surface area contributed by atoms with Crippen molar-refractivity contribution in [1.29, 1.82) is 0 Å². The summed E-state index contributed by atoms with van der Waals surface area (Å²) in [6.07, 6.45) is 2.69. The molecule has 84 valence electrons. The van der Waals surface area contributed by atoms with Gasteiger partial charge in [0.25, 0.3) is 0 Å². The van der Waals surface area contributed by atoms with Gasteiger partial charge in [0.05, 0.1) is 18.2 Å². The topological polar surface area (TPSA) is 68.1 Å². The number of benzene rings is 1. The molecule has 0 amide bonds. The zero-order valence-corrected chi connectivity index (χ0v) is 9.12. The number of fused-ring (bicyclic) bond motifs is 1. The van der Waals surface area contributed by atoms with Gasteiger partial charge in [-0.3, -0.25) is 0 Å². The number of ether oxygens (including phenoxy) is 1. The molecule has 3 N–H and O–H groups in total. The molecule has 1 heterocycles. The summed E-state index contributed by atoms with van der Waals surface area (Å²) in [7, 11) is 1.38. The summed E-state index contributed by atoms with van der Waals surface area (Å²) in [4.78, 5) is 14.6. The number of methoxy groups -OCH3 is 1. The number of para-hydroxylation sites is 1. The molecular weight excluding hydrogens is 204 g/mol. The Kier molecular flexibility index (Phi) is 2.92. The molecule has 4 heteroatoms. The lowest BCUT2D eigenvalue weighted by Gasteiger charge is -2.01. The van der Waals surface area contributed by atoms with Crippen LogP contribution < -0.4 is 5.73 Å². The van der Waals surface area contributed by atoms with Gasteiger partial charge >= 0.3 is 5.97 Å². The average Bonchev–Trinajstić information content (AvgIpc) is 2.72. The van der Waals surface area contributed by atoms with E-state index in [-0.39, 0.29) is 5.97 Å². The predicted octanol–water partition coefficient (Wildman–Crippen LogP) is 1.46. The second kappa shape index (κ2) is 4.37. The quantitative estimate of drug-likeness (QED) is 0.766. The molecular formula is C12H14N2O2. The lowest BCUT2D eigenvalue weighted by molar-refractivity contribution is 0.0603. The highest BCUT2D eigenvalue weighted by Gasteiger charge is 2.12. The van der Waals surface area contributed by atoms with Gasteiger partial charge in [0.15, 0.2) is 0 Å². The minimum absolute atomic E-state index is 0.327. The number of rotatable bonds is 3. The highest BCUT2D eigenvalue weighted by Crippen LogP contribution is 2.22. The molecule has 0 spiro atoms. The van der Waals surface area contributed by atoms with E-state index in [1.54, 1.807) is 6.07 Å². The summed E-state index contributed by atoms with van der Waals surface area (Å²) in [5.74, 6) is -0.327. The van der Waals surface area contributed by atoms with Crippen molar-refractivity contribution in [2.75, 3.05) is 13.7 Å². The molecule has 2 aromatic rings. The standard InChI is InChI=1S/C12H14N2O2/c1-16-12(15)10-4-2-3-9-8(5-6-13)7-14-11(9)10/h2-4,7,14H,5-6,13H2,1H3. The van der Waals surface area contributed by atoms with E-state index in [0.717, 1.165) is 22.9 Å². The normalized spacial score (nSPS) is 10.6. The molecule has 0 atom stereocenters. The molecule has 0 aliphatic rings. The van der Waals surface area contributed by atoms with E-state index >= 15 is 0 Å². The maximum Gasteiger partial charge on any atom is 0.339 e. The first-order valence-corrected chi connectivity index (χ1v) is 5.15. The largest absolute Gasteiger partial charge is 0.465 e. The van der Waals surface area contributed by atoms with Crippen molar-refractivity contribution in [3.8, 4) is 0 Å². The van der Waals surface area contributed by atoms with Crippen LogP contribution in [0.1, 0.15) is 15.9 Å². The highest BCUT2D eigenvalue weighted by molar-refractivity contribution is 6.03. The molecule has 0 aliphatic heterocycles. The van der Waals surface area contributed by atoms with Crippen molar-refractivity contribution in [3.63, 3.8) is 0 Å². The fraction of sp³-hybridized carbons (Fsp3) is 0.250. The molecule has 16 heavy (non-hydrogen) atoms.